The van der Waals surface area contributed by atoms with Gasteiger partial charge >= 0.3 is 0 Å². The van der Waals surface area contributed by atoms with Crippen molar-refractivity contribution in [3.8, 4) is 0 Å². The second kappa shape index (κ2) is 4.14. The molecule has 1 heterocycles. The first kappa shape index (κ1) is 10.6. The van der Waals surface area contributed by atoms with Gasteiger partial charge in [-0.2, -0.15) is 0 Å². The van der Waals surface area contributed by atoms with Gasteiger partial charge in [0.05, 0.1) is 0 Å². The third kappa shape index (κ3) is 1.87. The summed E-state index contributed by atoms with van der Waals surface area (Å²) in [5.74, 6) is 0. The topological polar surface area (TPSA) is 12.0 Å². The van der Waals surface area contributed by atoms with Gasteiger partial charge in [-0.3, -0.25) is 0 Å². The average Bonchev–Trinajstić information content (AvgIpc) is 2.15. The van der Waals surface area contributed by atoms with Crippen LogP contribution < -0.4 is 5.32 Å². The van der Waals surface area contributed by atoms with Gasteiger partial charge in [0.2, 0.25) is 0 Å². The van der Waals surface area contributed by atoms with Crippen LogP contribution in [-0.4, -0.2) is 0 Å². The molecule has 0 fully saturated rings. The molecule has 0 spiro atoms. The monoisotopic (exact) mass is 187 g/mol. The highest BCUT2D eigenvalue weighted by Gasteiger charge is 2.12. The maximum Gasteiger partial charge on any atom is 0.0388 e. The lowest BCUT2D eigenvalue weighted by Gasteiger charge is -2.21. The zero-order valence-corrected chi connectivity index (χ0v) is 9.15. The van der Waals surface area contributed by atoms with Gasteiger partial charge in [0.25, 0.3) is 0 Å². The second-order valence-electron chi connectivity index (χ2n) is 3.43. The predicted molar refractivity (Wildman–Crippen MR) is 62.7 cm³/mol. The standard InChI is InChI=1S/C13H17N/c1-6-9(3)13-8-10(4)14-11(5)12(13)7-2/h6-8,14H,2,5H2,1,3-4H3/b9-6-. The molecule has 0 aromatic carbocycles. The summed E-state index contributed by atoms with van der Waals surface area (Å²) in [7, 11) is 0. The van der Waals surface area contributed by atoms with Gasteiger partial charge in [-0.15, -0.1) is 0 Å². The lowest BCUT2D eigenvalue weighted by Crippen LogP contribution is -2.16. The van der Waals surface area contributed by atoms with E-state index >= 15 is 0 Å². The zero-order valence-electron chi connectivity index (χ0n) is 9.15. The van der Waals surface area contributed by atoms with Crippen molar-refractivity contribution in [3.63, 3.8) is 0 Å². The first-order chi connectivity index (χ1) is 6.60. The molecule has 0 radical (unpaired) electrons. The fourth-order valence-corrected chi connectivity index (χ4v) is 1.51. The number of hydrogen-bond acceptors (Lipinski definition) is 1. The van der Waals surface area contributed by atoms with Gasteiger partial charge in [0.1, 0.15) is 0 Å². The van der Waals surface area contributed by atoms with Crippen molar-refractivity contribution in [2.45, 2.75) is 20.8 Å². The smallest absolute Gasteiger partial charge is 0.0388 e. The first-order valence-electron chi connectivity index (χ1n) is 4.74. The molecule has 0 aromatic heterocycles. The van der Waals surface area contributed by atoms with Crippen LogP contribution in [0.3, 0.4) is 0 Å². The molecular formula is C13H17N. The molecule has 1 aliphatic rings. The lowest BCUT2D eigenvalue weighted by atomic mass is 9.95. The summed E-state index contributed by atoms with van der Waals surface area (Å²) in [5.41, 5.74) is 5.60. The summed E-state index contributed by atoms with van der Waals surface area (Å²) in [6.45, 7) is 14.0. The van der Waals surface area contributed by atoms with Crippen LogP contribution in [0.2, 0.25) is 0 Å². The number of rotatable bonds is 2. The Kier molecular flexibility index (Phi) is 3.13. The predicted octanol–water partition coefficient (Wildman–Crippen LogP) is 3.46. The molecular weight excluding hydrogens is 170 g/mol. The summed E-state index contributed by atoms with van der Waals surface area (Å²) in [5, 5.41) is 3.20. The molecule has 0 aliphatic carbocycles. The van der Waals surface area contributed by atoms with E-state index < -0.39 is 0 Å². The van der Waals surface area contributed by atoms with E-state index in [1.54, 1.807) is 0 Å². The Balaban J connectivity index is 3.31. The summed E-state index contributed by atoms with van der Waals surface area (Å²) < 4.78 is 0. The highest BCUT2D eigenvalue weighted by Crippen LogP contribution is 2.26. The molecule has 0 saturated carbocycles. The molecule has 1 rings (SSSR count). The first-order valence-corrected chi connectivity index (χ1v) is 4.74. The lowest BCUT2D eigenvalue weighted by molar-refractivity contribution is 0.963. The van der Waals surface area contributed by atoms with Gasteiger partial charge < -0.3 is 5.32 Å². The van der Waals surface area contributed by atoms with Crippen molar-refractivity contribution in [1.29, 1.82) is 0 Å². The molecule has 0 saturated heterocycles. The maximum atomic E-state index is 3.98. The normalized spacial score (nSPS) is 17.8. The average molecular weight is 187 g/mol. The summed E-state index contributed by atoms with van der Waals surface area (Å²) >= 11 is 0. The van der Waals surface area contributed by atoms with Crippen LogP contribution >= 0.6 is 0 Å². The van der Waals surface area contributed by atoms with Gasteiger partial charge in [0.15, 0.2) is 0 Å². The Bertz CT molecular complexity index is 365. The van der Waals surface area contributed by atoms with E-state index in [4.69, 9.17) is 0 Å². The van der Waals surface area contributed by atoms with Gasteiger partial charge in [-0.25, -0.2) is 0 Å². The van der Waals surface area contributed by atoms with Crippen LogP contribution in [0.4, 0.5) is 0 Å². The number of allylic oxidation sites excluding steroid dienone is 6. The highest BCUT2D eigenvalue weighted by atomic mass is 14.9. The van der Waals surface area contributed by atoms with Crippen LogP contribution in [0.1, 0.15) is 20.8 Å². The van der Waals surface area contributed by atoms with E-state index in [9.17, 15) is 0 Å². The van der Waals surface area contributed by atoms with Crippen molar-refractivity contribution in [1.82, 2.24) is 5.32 Å². The molecule has 1 nitrogen and oxygen atoms in total. The fourth-order valence-electron chi connectivity index (χ4n) is 1.51. The largest absolute Gasteiger partial charge is 0.359 e. The minimum atomic E-state index is 0.927. The van der Waals surface area contributed by atoms with Gasteiger partial charge in [-0.05, 0) is 38.0 Å². The van der Waals surface area contributed by atoms with Crippen LogP contribution in [0.5, 0.6) is 0 Å². The molecule has 74 valence electrons. The van der Waals surface area contributed by atoms with Crippen molar-refractivity contribution in [2.24, 2.45) is 0 Å². The molecule has 0 bridgehead atoms. The Labute approximate surface area is 86.2 Å². The second-order valence-corrected chi connectivity index (χ2v) is 3.43. The fraction of sp³-hybridized carbons (Fsp3) is 0.231. The van der Waals surface area contributed by atoms with Crippen molar-refractivity contribution >= 4 is 0 Å². The zero-order chi connectivity index (χ0) is 10.7. The maximum absolute atomic E-state index is 3.98. The van der Waals surface area contributed by atoms with E-state index in [1.165, 1.54) is 11.1 Å². The van der Waals surface area contributed by atoms with E-state index in [0.29, 0.717) is 0 Å². The summed E-state index contributed by atoms with van der Waals surface area (Å²) in [6, 6.07) is 0. The third-order valence-electron chi connectivity index (χ3n) is 2.39. The molecule has 0 atom stereocenters. The quantitative estimate of drug-likeness (QED) is 0.698. The molecule has 1 N–H and O–H groups in total. The third-order valence-corrected chi connectivity index (χ3v) is 2.39. The SMILES string of the molecule is C=CC1=C(/C(C)=C\C)C=C(C)NC1=C. The van der Waals surface area contributed by atoms with Crippen LogP contribution in [0.25, 0.3) is 0 Å². The van der Waals surface area contributed by atoms with E-state index in [0.717, 1.165) is 17.0 Å². The van der Waals surface area contributed by atoms with E-state index in [2.05, 4.69) is 37.6 Å². The number of nitrogens with one attached hydrogen (secondary N) is 1. The minimum Gasteiger partial charge on any atom is -0.359 e. The Hall–Kier alpha value is -1.50. The molecule has 14 heavy (non-hydrogen) atoms. The summed E-state index contributed by atoms with van der Waals surface area (Å²) in [6.07, 6.45) is 6.07. The van der Waals surface area contributed by atoms with E-state index in [1.807, 2.05) is 19.9 Å². The molecule has 0 unspecified atom stereocenters. The van der Waals surface area contributed by atoms with Gasteiger partial charge in [0, 0.05) is 17.0 Å². The van der Waals surface area contributed by atoms with Crippen LogP contribution in [-0.2, 0) is 0 Å². The van der Waals surface area contributed by atoms with Crippen LogP contribution in [0, 0.1) is 0 Å². The van der Waals surface area contributed by atoms with Crippen molar-refractivity contribution in [2.75, 3.05) is 0 Å². The molecule has 0 amide bonds. The Morgan fingerprint density at radius 2 is 2.14 bits per heavy atom. The Morgan fingerprint density at radius 3 is 2.64 bits per heavy atom. The minimum absolute atomic E-state index is 0.927. The number of hydrogen-bond donors (Lipinski definition) is 1. The Morgan fingerprint density at radius 1 is 1.50 bits per heavy atom. The number of dihydropyridines is 1. The van der Waals surface area contributed by atoms with Crippen molar-refractivity contribution < 1.29 is 0 Å². The highest BCUT2D eigenvalue weighted by molar-refractivity contribution is 5.56. The van der Waals surface area contributed by atoms with Gasteiger partial charge in [-0.1, -0.05) is 25.3 Å². The van der Waals surface area contributed by atoms with Crippen molar-refractivity contribution in [3.05, 3.63) is 59.5 Å². The summed E-state index contributed by atoms with van der Waals surface area (Å²) in [4.78, 5) is 0. The van der Waals surface area contributed by atoms with E-state index in [-0.39, 0.29) is 0 Å². The molecule has 1 aliphatic heterocycles. The molecule has 1 heteroatoms. The molecule has 0 aromatic rings. The van der Waals surface area contributed by atoms with Crippen LogP contribution in [0.15, 0.2) is 59.5 Å².